The molecule has 0 spiro atoms. The molecular formula is C29H55N3O16. The highest BCUT2D eigenvalue weighted by atomic mass is 16.7. The predicted molar refractivity (Wildman–Crippen MR) is 163 cm³/mol. The second kappa shape index (κ2) is 23.7. The van der Waals surface area contributed by atoms with Gasteiger partial charge in [-0.1, -0.05) is 0 Å². The van der Waals surface area contributed by atoms with Crippen molar-refractivity contribution in [2.75, 3.05) is 86.3 Å². The van der Waals surface area contributed by atoms with E-state index in [1.54, 1.807) is 7.05 Å². The SMILES string of the molecule is CNC(COCCOCCO[C@@H]1OC(CO)[C@H](O)C(O)CC1NC(C)=O)COCCOCCO[C@@H]1OC(CO)[C@H](O)C(O)C1NC(C)=O. The van der Waals surface area contributed by atoms with Crippen LogP contribution >= 0.6 is 0 Å². The molecule has 0 aromatic rings. The normalized spacial score (nSPS) is 31.6. The van der Waals surface area contributed by atoms with E-state index in [0.29, 0.717) is 26.4 Å². The number of hydrogen-bond donors (Lipinski definition) is 9. The first kappa shape index (κ1) is 42.5. The Morgan fingerprint density at radius 2 is 1.17 bits per heavy atom. The van der Waals surface area contributed by atoms with Crippen LogP contribution in [0.1, 0.15) is 20.3 Å². The zero-order valence-electron chi connectivity index (χ0n) is 27.8. The topological polar surface area (TPSA) is 265 Å². The van der Waals surface area contributed by atoms with E-state index in [-0.39, 0.29) is 58.0 Å². The van der Waals surface area contributed by atoms with Gasteiger partial charge in [-0.25, -0.2) is 0 Å². The molecule has 2 amide bonds. The molecule has 7 unspecified atom stereocenters. The second-order valence-electron chi connectivity index (χ2n) is 11.4. The molecule has 2 fully saturated rings. The Morgan fingerprint density at radius 1 is 0.688 bits per heavy atom. The number of nitrogens with one attached hydrogen (secondary N) is 3. The van der Waals surface area contributed by atoms with Crippen LogP contribution in [0.25, 0.3) is 0 Å². The maximum absolute atomic E-state index is 11.6. The van der Waals surface area contributed by atoms with Gasteiger partial charge in [-0.15, -0.1) is 0 Å². The number of ether oxygens (including phenoxy) is 8. The quantitative estimate of drug-likeness (QED) is 0.0451. The molecule has 0 saturated carbocycles. The lowest BCUT2D eigenvalue weighted by atomic mass is 9.97. The summed E-state index contributed by atoms with van der Waals surface area (Å²) >= 11 is 0. The molecule has 2 aliphatic heterocycles. The molecule has 0 radical (unpaired) electrons. The van der Waals surface area contributed by atoms with Crippen LogP contribution in [0.5, 0.6) is 0 Å². The lowest BCUT2D eigenvalue weighted by Gasteiger charge is -2.42. The van der Waals surface area contributed by atoms with Gasteiger partial charge in [-0.05, 0) is 7.05 Å². The molecular weight excluding hydrogens is 646 g/mol. The standard InChI is InChI=1S/C29H55N3O16/c1-17(35)31-20-12-21(37)25(38)22(13-33)47-28(20)45-10-8-41-4-6-43-15-19(30-3)16-44-7-5-42-9-11-46-29-24(32-18(2)36)27(40)26(39)23(14-34)48-29/h19-30,33-34,37-40H,4-16H2,1-3H3,(H,31,35)(H,32,36)/t19?,20?,21?,22?,23?,24?,25-,26+,27?,28-,29-/m1/s1. The summed E-state index contributed by atoms with van der Waals surface area (Å²) in [5, 5.41) is 67.7. The van der Waals surface area contributed by atoms with Crippen molar-refractivity contribution >= 4 is 11.8 Å². The maximum Gasteiger partial charge on any atom is 0.217 e. The monoisotopic (exact) mass is 701 g/mol. The van der Waals surface area contributed by atoms with E-state index in [9.17, 15) is 40.2 Å². The average Bonchev–Trinajstić information content (AvgIpc) is 3.16. The van der Waals surface area contributed by atoms with E-state index < -0.39 is 80.4 Å². The highest BCUT2D eigenvalue weighted by molar-refractivity contribution is 5.73. The number of amides is 2. The Hall–Kier alpha value is -1.66. The van der Waals surface area contributed by atoms with Gasteiger partial charge in [0.2, 0.25) is 11.8 Å². The molecule has 19 nitrogen and oxygen atoms in total. The molecule has 282 valence electrons. The number of aliphatic hydroxyl groups excluding tert-OH is 6. The van der Waals surface area contributed by atoms with Crippen LogP contribution in [0.2, 0.25) is 0 Å². The van der Waals surface area contributed by atoms with Crippen LogP contribution in [-0.4, -0.2) is 196 Å². The van der Waals surface area contributed by atoms with Gasteiger partial charge in [0.15, 0.2) is 12.6 Å². The van der Waals surface area contributed by atoms with E-state index in [2.05, 4.69) is 16.0 Å². The van der Waals surface area contributed by atoms with Crippen LogP contribution in [0, 0.1) is 0 Å². The molecule has 0 bridgehead atoms. The third-order valence-corrected chi connectivity index (χ3v) is 7.54. The van der Waals surface area contributed by atoms with Crippen LogP contribution < -0.4 is 16.0 Å². The van der Waals surface area contributed by atoms with Gasteiger partial charge in [-0.3, -0.25) is 9.59 Å². The predicted octanol–water partition coefficient (Wildman–Crippen LogP) is -5.05. The van der Waals surface area contributed by atoms with Crippen molar-refractivity contribution in [2.24, 2.45) is 0 Å². The summed E-state index contributed by atoms with van der Waals surface area (Å²) in [4.78, 5) is 23.1. The molecule has 2 heterocycles. The minimum atomic E-state index is -1.39. The molecule has 48 heavy (non-hydrogen) atoms. The summed E-state index contributed by atoms with van der Waals surface area (Å²) < 4.78 is 44.7. The second-order valence-corrected chi connectivity index (χ2v) is 11.4. The van der Waals surface area contributed by atoms with E-state index in [1.165, 1.54) is 13.8 Å². The van der Waals surface area contributed by atoms with E-state index in [1.807, 2.05) is 0 Å². The van der Waals surface area contributed by atoms with Crippen molar-refractivity contribution in [2.45, 2.75) is 87.6 Å². The average molecular weight is 702 g/mol. The Labute approximate surface area is 280 Å². The number of hydrogen-bond acceptors (Lipinski definition) is 17. The highest BCUT2D eigenvalue weighted by Crippen LogP contribution is 2.23. The van der Waals surface area contributed by atoms with Crippen molar-refractivity contribution in [1.29, 1.82) is 0 Å². The summed E-state index contributed by atoms with van der Waals surface area (Å²) in [6.07, 6.45) is -9.54. The molecule has 9 N–H and O–H groups in total. The fourth-order valence-corrected chi connectivity index (χ4v) is 4.97. The van der Waals surface area contributed by atoms with Crippen LogP contribution in [0.4, 0.5) is 0 Å². The Balaban J connectivity index is 1.54. The zero-order chi connectivity index (χ0) is 35.5. The van der Waals surface area contributed by atoms with Gasteiger partial charge in [-0.2, -0.15) is 0 Å². The van der Waals surface area contributed by atoms with Crippen LogP contribution in [0.15, 0.2) is 0 Å². The Bertz CT molecular complexity index is 893. The summed E-state index contributed by atoms with van der Waals surface area (Å²) in [6.45, 7) is 3.91. The fraction of sp³-hybridized carbons (Fsp3) is 0.931. The minimum Gasteiger partial charge on any atom is -0.394 e. The van der Waals surface area contributed by atoms with Crippen molar-refractivity contribution in [3.8, 4) is 0 Å². The lowest BCUT2D eigenvalue weighted by molar-refractivity contribution is -0.272. The molecule has 11 atom stereocenters. The lowest BCUT2D eigenvalue weighted by Crippen LogP contribution is -2.64. The first-order valence-corrected chi connectivity index (χ1v) is 16.0. The van der Waals surface area contributed by atoms with Crippen molar-refractivity contribution in [3.63, 3.8) is 0 Å². The van der Waals surface area contributed by atoms with Gasteiger partial charge in [0, 0.05) is 20.3 Å². The van der Waals surface area contributed by atoms with Gasteiger partial charge in [0.1, 0.15) is 36.6 Å². The molecule has 19 heteroatoms. The third-order valence-electron chi connectivity index (χ3n) is 7.54. The Morgan fingerprint density at radius 3 is 1.69 bits per heavy atom. The van der Waals surface area contributed by atoms with Gasteiger partial charge >= 0.3 is 0 Å². The molecule has 0 aromatic carbocycles. The summed E-state index contributed by atoms with van der Waals surface area (Å²) in [7, 11) is 1.78. The number of likely N-dealkylation sites (N-methyl/N-ethyl adjacent to an activating group) is 1. The van der Waals surface area contributed by atoms with Gasteiger partial charge in [0.05, 0.1) is 97.5 Å². The minimum absolute atomic E-state index is 0.0137. The molecule has 2 saturated heterocycles. The first-order chi connectivity index (χ1) is 23.0. The molecule has 2 rings (SSSR count). The number of carbonyl (C=O) groups excluding carboxylic acids is 2. The fourth-order valence-electron chi connectivity index (χ4n) is 4.97. The number of carbonyl (C=O) groups is 2. The summed E-state index contributed by atoms with van der Waals surface area (Å²) in [6, 6.07) is -1.83. The van der Waals surface area contributed by atoms with E-state index in [0.717, 1.165) is 0 Å². The first-order valence-electron chi connectivity index (χ1n) is 16.0. The summed E-state index contributed by atoms with van der Waals surface area (Å²) in [5.41, 5.74) is 0. The van der Waals surface area contributed by atoms with Gasteiger partial charge < -0.3 is 84.5 Å². The van der Waals surface area contributed by atoms with Crippen molar-refractivity contribution < 1.29 is 78.1 Å². The Kier molecular flexibility index (Phi) is 21.0. The van der Waals surface area contributed by atoms with Crippen molar-refractivity contribution in [1.82, 2.24) is 16.0 Å². The van der Waals surface area contributed by atoms with E-state index in [4.69, 9.17) is 37.9 Å². The van der Waals surface area contributed by atoms with Gasteiger partial charge in [0.25, 0.3) is 0 Å². The van der Waals surface area contributed by atoms with E-state index >= 15 is 0 Å². The highest BCUT2D eigenvalue weighted by Gasteiger charge is 2.45. The molecule has 0 aromatic heterocycles. The number of aliphatic hydroxyl groups is 6. The largest absolute Gasteiger partial charge is 0.394 e. The van der Waals surface area contributed by atoms with Crippen LogP contribution in [0.3, 0.4) is 0 Å². The molecule has 2 aliphatic rings. The third kappa shape index (κ3) is 15.1. The van der Waals surface area contributed by atoms with Crippen LogP contribution in [-0.2, 0) is 47.5 Å². The smallest absolute Gasteiger partial charge is 0.217 e. The molecule has 0 aliphatic carbocycles. The number of rotatable bonds is 23. The maximum atomic E-state index is 11.6. The summed E-state index contributed by atoms with van der Waals surface area (Å²) in [5.74, 6) is -0.798. The zero-order valence-corrected chi connectivity index (χ0v) is 27.8. The van der Waals surface area contributed by atoms with Crippen molar-refractivity contribution in [3.05, 3.63) is 0 Å².